The molecule has 2 aliphatic heterocycles. The molecule has 3 aromatic rings. The molecule has 0 atom stereocenters. The van der Waals surface area contributed by atoms with Crippen LogP contribution in [0.3, 0.4) is 0 Å². The Morgan fingerprint density at radius 3 is 2.59 bits per heavy atom. The zero-order valence-corrected chi connectivity index (χ0v) is 21.0. The van der Waals surface area contributed by atoms with Gasteiger partial charge in [-0.05, 0) is 49.1 Å². The van der Waals surface area contributed by atoms with Crippen LogP contribution >= 0.6 is 0 Å². The number of fused-ring (bicyclic) bond motifs is 1. The van der Waals surface area contributed by atoms with E-state index >= 15 is 0 Å². The number of benzene rings is 2. The molecule has 0 bridgehead atoms. The van der Waals surface area contributed by atoms with Gasteiger partial charge in [0.1, 0.15) is 30.4 Å². The molecule has 1 saturated heterocycles. The van der Waals surface area contributed by atoms with Crippen molar-refractivity contribution in [1.82, 2.24) is 9.88 Å². The number of nitrogens with one attached hydrogen (secondary N) is 1. The summed E-state index contributed by atoms with van der Waals surface area (Å²) in [5.41, 5.74) is 3.01. The van der Waals surface area contributed by atoms with Crippen LogP contribution in [-0.2, 0) is 11.3 Å². The van der Waals surface area contributed by atoms with Crippen molar-refractivity contribution in [3.05, 3.63) is 71.9 Å². The van der Waals surface area contributed by atoms with E-state index in [1.807, 2.05) is 47.4 Å². The Labute approximate surface area is 216 Å². The molecule has 0 saturated carbocycles. The van der Waals surface area contributed by atoms with Crippen LogP contribution < -0.4 is 25.1 Å². The lowest BCUT2D eigenvalue weighted by molar-refractivity contribution is 0.0719. The van der Waals surface area contributed by atoms with E-state index in [0.717, 1.165) is 48.7 Å². The Hall–Kier alpha value is -4.11. The number of carbonyl (C=O) groups excluding carboxylic acids is 1. The number of likely N-dealkylation sites (tertiary alicyclic amines) is 1. The normalized spacial score (nSPS) is 15.0. The summed E-state index contributed by atoms with van der Waals surface area (Å²) in [6.45, 7) is 7.07. The molecular formula is C28H32N4O5. The number of aromatic nitrogens is 1. The third-order valence-electron chi connectivity index (χ3n) is 6.75. The zero-order chi connectivity index (χ0) is 25.8. The van der Waals surface area contributed by atoms with Gasteiger partial charge < -0.3 is 33.8 Å². The van der Waals surface area contributed by atoms with E-state index in [4.69, 9.17) is 24.9 Å². The third kappa shape index (κ3) is 5.22. The van der Waals surface area contributed by atoms with Gasteiger partial charge in [-0.15, -0.1) is 0 Å². The van der Waals surface area contributed by atoms with Gasteiger partial charge in [0.05, 0.1) is 19.2 Å². The molecule has 9 nitrogen and oxygen atoms in total. The highest BCUT2D eigenvalue weighted by molar-refractivity contribution is 5.94. The first-order valence-corrected chi connectivity index (χ1v) is 12.5. The summed E-state index contributed by atoms with van der Waals surface area (Å²) in [4.78, 5) is 25.5. The number of piperidine rings is 1. The predicted octanol–water partition coefficient (Wildman–Crippen LogP) is 4.62. The van der Waals surface area contributed by atoms with Gasteiger partial charge in [0.15, 0.2) is 17.3 Å². The van der Waals surface area contributed by atoms with E-state index in [1.165, 1.54) is 6.42 Å². The van der Waals surface area contributed by atoms with Crippen molar-refractivity contribution in [2.75, 3.05) is 38.3 Å². The Morgan fingerprint density at radius 2 is 1.86 bits per heavy atom. The van der Waals surface area contributed by atoms with Crippen molar-refractivity contribution >= 4 is 23.2 Å². The van der Waals surface area contributed by atoms with E-state index in [0.29, 0.717) is 48.3 Å². The van der Waals surface area contributed by atoms with Crippen LogP contribution in [-0.4, -0.2) is 49.1 Å². The number of ether oxygens (including phenoxy) is 3. The maximum atomic E-state index is 13.0. The Bertz CT molecular complexity index is 1260. The number of methoxy groups -OCH3 is 1. The van der Waals surface area contributed by atoms with Crippen LogP contribution in [0.5, 0.6) is 17.2 Å². The molecule has 3 N–H and O–H groups in total. The fraction of sp³-hybridized carbons (Fsp3) is 0.321. The number of amides is 1. The topological polar surface area (TPSA) is 102 Å². The Kier molecular flexibility index (Phi) is 7.23. The van der Waals surface area contributed by atoms with Crippen molar-refractivity contribution in [2.45, 2.75) is 25.9 Å². The molecule has 0 aliphatic carbocycles. The molecule has 37 heavy (non-hydrogen) atoms. The summed E-state index contributed by atoms with van der Waals surface area (Å²) in [5.74, 6) is 8.69. The monoisotopic (exact) mass is 504 g/mol. The first-order valence-electron chi connectivity index (χ1n) is 12.5. The van der Waals surface area contributed by atoms with Crippen LogP contribution in [0.15, 0.2) is 55.1 Å². The molecule has 0 radical (unpaired) electrons. The average molecular weight is 505 g/mol. The standard InChI is InChI=1S/C28H32N4O5/c1-19(36-18-20-6-9-22(34-2)10-7-20)23-11-8-21(16-25(23)37-29)32-14-15-35-26-17-24(30-27(26)32)28(33)31-12-4-3-5-13-31/h6-11,16-17,30H,1,3-5,12-15,18,29H2,2H3. The van der Waals surface area contributed by atoms with E-state index in [9.17, 15) is 4.79 Å². The van der Waals surface area contributed by atoms with E-state index in [-0.39, 0.29) is 5.91 Å². The Morgan fingerprint density at radius 1 is 1.08 bits per heavy atom. The van der Waals surface area contributed by atoms with Crippen molar-refractivity contribution in [3.63, 3.8) is 0 Å². The molecule has 2 aliphatic rings. The lowest BCUT2D eigenvalue weighted by Gasteiger charge is -2.29. The second-order valence-electron chi connectivity index (χ2n) is 9.11. The van der Waals surface area contributed by atoms with Gasteiger partial charge in [-0.2, -0.15) is 5.90 Å². The maximum absolute atomic E-state index is 13.0. The molecule has 1 fully saturated rings. The largest absolute Gasteiger partial charge is 0.497 e. The van der Waals surface area contributed by atoms with E-state index in [2.05, 4.69) is 16.5 Å². The number of hydrogen-bond acceptors (Lipinski definition) is 7. The Balaban J connectivity index is 1.32. The van der Waals surface area contributed by atoms with Crippen molar-refractivity contribution < 1.29 is 23.8 Å². The number of aromatic amines is 1. The second kappa shape index (κ2) is 10.9. The predicted molar refractivity (Wildman–Crippen MR) is 141 cm³/mol. The molecule has 0 unspecified atom stereocenters. The van der Waals surface area contributed by atoms with Crippen LogP contribution in [0.1, 0.15) is 40.9 Å². The molecule has 1 amide bonds. The number of nitrogens with zero attached hydrogens (tertiary/aromatic N) is 2. The number of rotatable bonds is 8. The summed E-state index contributed by atoms with van der Waals surface area (Å²) >= 11 is 0. The summed E-state index contributed by atoms with van der Waals surface area (Å²) in [6.07, 6.45) is 3.25. The minimum absolute atomic E-state index is 0.00397. The summed E-state index contributed by atoms with van der Waals surface area (Å²) in [5, 5.41) is 0. The SMILES string of the molecule is C=C(OCc1ccc(OC)cc1)c1ccc(N2CCOc3cc(C(=O)N4CCCCC4)[nH]c32)cc1ON. The minimum atomic E-state index is 0.00397. The first-order chi connectivity index (χ1) is 18.1. The molecular weight excluding hydrogens is 472 g/mol. The number of hydrogen-bond donors (Lipinski definition) is 2. The van der Waals surface area contributed by atoms with Crippen molar-refractivity contribution in [1.29, 1.82) is 0 Å². The van der Waals surface area contributed by atoms with Gasteiger partial charge in [-0.3, -0.25) is 4.79 Å². The number of carbonyl (C=O) groups is 1. The quantitative estimate of drug-likeness (QED) is 0.341. The molecule has 1 aromatic heterocycles. The fourth-order valence-electron chi connectivity index (χ4n) is 4.71. The number of anilines is 2. The molecule has 194 valence electrons. The molecule has 0 spiro atoms. The lowest BCUT2D eigenvalue weighted by Crippen LogP contribution is -2.35. The minimum Gasteiger partial charge on any atom is -0.497 e. The molecule has 2 aromatic carbocycles. The van der Waals surface area contributed by atoms with Crippen molar-refractivity contribution in [2.24, 2.45) is 5.90 Å². The summed E-state index contributed by atoms with van der Waals surface area (Å²) in [7, 11) is 1.63. The molecule has 5 rings (SSSR count). The third-order valence-corrected chi connectivity index (χ3v) is 6.75. The summed E-state index contributed by atoms with van der Waals surface area (Å²) < 4.78 is 17.0. The van der Waals surface area contributed by atoms with Gasteiger partial charge in [0.25, 0.3) is 5.91 Å². The van der Waals surface area contributed by atoms with Gasteiger partial charge in [0.2, 0.25) is 0 Å². The van der Waals surface area contributed by atoms with Gasteiger partial charge in [0, 0.05) is 30.9 Å². The number of H-pyrrole nitrogens is 1. The van der Waals surface area contributed by atoms with Crippen LogP contribution in [0.4, 0.5) is 11.5 Å². The smallest absolute Gasteiger partial charge is 0.270 e. The summed E-state index contributed by atoms with van der Waals surface area (Å²) in [6, 6.07) is 15.1. The van der Waals surface area contributed by atoms with Crippen molar-refractivity contribution in [3.8, 4) is 17.2 Å². The number of nitrogens with two attached hydrogens (primary N) is 1. The van der Waals surface area contributed by atoms with Crippen LogP contribution in [0.2, 0.25) is 0 Å². The highest BCUT2D eigenvalue weighted by atomic mass is 16.6. The lowest BCUT2D eigenvalue weighted by atomic mass is 10.1. The molecule has 9 heteroatoms. The van der Waals surface area contributed by atoms with E-state index < -0.39 is 0 Å². The van der Waals surface area contributed by atoms with Gasteiger partial charge in [-0.1, -0.05) is 18.7 Å². The first kappa shape index (κ1) is 24.6. The second-order valence-corrected chi connectivity index (χ2v) is 9.11. The van der Waals surface area contributed by atoms with Crippen LogP contribution in [0, 0.1) is 0 Å². The zero-order valence-electron chi connectivity index (χ0n) is 21.0. The van der Waals surface area contributed by atoms with E-state index in [1.54, 1.807) is 13.2 Å². The highest BCUT2D eigenvalue weighted by Crippen LogP contribution is 2.39. The highest BCUT2D eigenvalue weighted by Gasteiger charge is 2.27. The van der Waals surface area contributed by atoms with Gasteiger partial charge >= 0.3 is 0 Å². The fourth-order valence-corrected chi connectivity index (χ4v) is 4.71. The van der Waals surface area contributed by atoms with Crippen LogP contribution in [0.25, 0.3) is 5.76 Å². The maximum Gasteiger partial charge on any atom is 0.270 e. The average Bonchev–Trinajstić information content (AvgIpc) is 3.40. The molecule has 3 heterocycles. The van der Waals surface area contributed by atoms with Gasteiger partial charge in [-0.25, -0.2) is 0 Å².